The fourth-order valence-electron chi connectivity index (χ4n) is 2.34. The quantitative estimate of drug-likeness (QED) is 0.857. The van der Waals surface area contributed by atoms with Crippen molar-refractivity contribution in [3.63, 3.8) is 0 Å². The summed E-state index contributed by atoms with van der Waals surface area (Å²) in [7, 11) is 0. The minimum absolute atomic E-state index is 0.653. The first-order chi connectivity index (χ1) is 9.31. The lowest BCUT2D eigenvalue weighted by Gasteiger charge is -2.22. The van der Waals surface area contributed by atoms with E-state index in [0.717, 1.165) is 43.5 Å². The van der Waals surface area contributed by atoms with Crippen LogP contribution in [0.1, 0.15) is 13.3 Å². The number of nitrogens with zero attached hydrogens (tertiary/aromatic N) is 3. The van der Waals surface area contributed by atoms with Gasteiger partial charge in [0, 0.05) is 13.1 Å². The van der Waals surface area contributed by atoms with Crippen molar-refractivity contribution in [2.75, 3.05) is 18.1 Å². The summed E-state index contributed by atoms with van der Waals surface area (Å²) in [6.45, 7) is 4.46. The number of H-pyrrole nitrogens is 1. The summed E-state index contributed by atoms with van der Waals surface area (Å²) in [4.78, 5) is 2.16. The fraction of sp³-hybridized carbons (Fsp3) is 0.385. The van der Waals surface area contributed by atoms with Crippen LogP contribution in [0, 0.1) is 4.77 Å². The molecule has 0 unspecified atom stereocenters. The highest BCUT2D eigenvalue weighted by Crippen LogP contribution is 2.34. The summed E-state index contributed by atoms with van der Waals surface area (Å²) in [5.74, 6) is 1.75. The monoisotopic (exact) mass is 276 g/mol. The molecule has 19 heavy (non-hydrogen) atoms. The van der Waals surface area contributed by atoms with Crippen LogP contribution in [0.5, 0.6) is 5.75 Å². The molecular formula is C13H16N4OS. The Labute approximate surface area is 116 Å². The van der Waals surface area contributed by atoms with Gasteiger partial charge in [-0.15, -0.1) is 5.10 Å². The summed E-state index contributed by atoms with van der Waals surface area (Å²) >= 11 is 5.26. The Kier molecular flexibility index (Phi) is 3.25. The topological polar surface area (TPSA) is 46.1 Å². The number of nitrogens with one attached hydrogen (secondary N) is 1. The third-order valence-corrected chi connectivity index (χ3v) is 3.55. The van der Waals surface area contributed by atoms with Gasteiger partial charge in [0.1, 0.15) is 5.75 Å². The van der Waals surface area contributed by atoms with E-state index in [0.29, 0.717) is 4.77 Å². The van der Waals surface area contributed by atoms with Gasteiger partial charge in [-0.3, -0.25) is 4.57 Å². The van der Waals surface area contributed by atoms with Crippen LogP contribution in [-0.4, -0.2) is 27.9 Å². The van der Waals surface area contributed by atoms with Crippen LogP contribution >= 0.6 is 12.2 Å². The van der Waals surface area contributed by atoms with Gasteiger partial charge in [0.2, 0.25) is 5.95 Å². The molecule has 6 heteroatoms. The Balaban J connectivity index is 2.11. The summed E-state index contributed by atoms with van der Waals surface area (Å²) < 4.78 is 8.42. The lowest BCUT2D eigenvalue weighted by Crippen LogP contribution is -2.21. The van der Waals surface area contributed by atoms with Gasteiger partial charge in [-0.1, -0.05) is 12.1 Å². The number of hydrogen-bond donors (Lipinski definition) is 1. The van der Waals surface area contributed by atoms with Gasteiger partial charge in [-0.2, -0.15) is 0 Å². The van der Waals surface area contributed by atoms with Crippen molar-refractivity contribution in [2.45, 2.75) is 19.9 Å². The zero-order chi connectivity index (χ0) is 13.2. The van der Waals surface area contributed by atoms with Gasteiger partial charge in [-0.05, 0) is 37.7 Å². The molecule has 0 spiro atoms. The third kappa shape index (κ3) is 2.12. The molecular weight excluding hydrogens is 260 g/mol. The second kappa shape index (κ2) is 5.05. The molecule has 100 valence electrons. The first-order valence-electron chi connectivity index (χ1n) is 6.46. The standard InChI is InChI=1S/C13H16N4OS/c1-2-16-12(14-15-13(16)19)17-8-5-9-18-11-7-4-3-6-10(11)17/h3-4,6-7H,2,5,8-9H2,1H3,(H,15,19). The second-order valence-corrected chi connectivity index (χ2v) is 4.78. The average molecular weight is 276 g/mol. The molecule has 1 aromatic heterocycles. The molecule has 1 aliphatic rings. The molecule has 1 N–H and O–H groups in total. The largest absolute Gasteiger partial charge is 0.491 e. The van der Waals surface area contributed by atoms with Gasteiger partial charge >= 0.3 is 0 Å². The maximum Gasteiger partial charge on any atom is 0.230 e. The molecule has 3 rings (SSSR count). The van der Waals surface area contributed by atoms with Crippen LogP contribution in [-0.2, 0) is 6.54 Å². The molecule has 2 aromatic rings. The van der Waals surface area contributed by atoms with Crippen molar-refractivity contribution in [1.82, 2.24) is 14.8 Å². The van der Waals surface area contributed by atoms with Crippen LogP contribution in [0.3, 0.4) is 0 Å². The van der Waals surface area contributed by atoms with Crippen molar-refractivity contribution in [2.24, 2.45) is 0 Å². The normalized spacial score (nSPS) is 14.7. The van der Waals surface area contributed by atoms with Gasteiger partial charge < -0.3 is 9.64 Å². The van der Waals surface area contributed by atoms with Crippen molar-refractivity contribution < 1.29 is 4.74 Å². The Bertz CT molecular complexity index is 634. The van der Waals surface area contributed by atoms with E-state index >= 15 is 0 Å². The molecule has 2 heterocycles. The van der Waals surface area contributed by atoms with E-state index in [4.69, 9.17) is 17.0 Å². The van der Waals surface area contributed by atoms with E-state index in [1.165, 1.54) is 0 Å². The molecule has 0 saturated carbocycles. The van der Waals surface area contributed by atoms with Crippen molar-refractivity contribution >= 4 is 23.9 Å². The molecule has 0 fully saturated rings. The van der Waals surface area contributed by atoms with Crippen LogP contribution < -0.4 is 9.64 Å². The lowest BCUT2D eigenvalue weighted by molar-refractivity contribution is 0.322. The average Bonchev–Trinajstić information content (AvgIpc) is 2.68. The fourth-order valence-corrected chi connectivity index (χ4v) is 2.59. The first-order valence-corrected chi connectivity index (χ1v) is 6.86. The van der Waals surface area contributed by atoms with Crippen LogP contribution in [0.4, 0.5) is 11.6 Å². The molecule has 0 amide bonds. The highest BCUT2D eigenvalue weighted by molar-refractivity contribution is 7.71. The molecule has 0 radical (unpaired) electrons. The van der Waals surface area contributed by atoms with Crippen LogP contribution in [0.15, 0.2) is 24.3 Å². The van der Waals surface area contributed by atoms with Gasteiger partial charge in [0.15, 0.2) is 4.77 Å². The Morgan fingerprint density at radius 3 is 3.11 bits per heavy atom. The summed E-state index contributed by atoms with van der Waals surface area (Å²) in [6.07, 6.45) is 0.956. The predicted octanol–water partition coefficient (Wildman–Crippen LogP) is 2.88. The number of anilines is 2. The van der Waals surface area contributed by atoms with Gasteiger partial charge in [0.25, 0.3) is 0 Å². The van der Waals surface area contributed by atoms with Crippen LogP contribution in [0.2, 0.25) is 0 Å². The van der Waals surface area contributed by atoms with E-state index in [9.17, 15) is 0 Å². The predicted molar refractivity (Wildman–Crippen MR) is 76.6 cm³/mol. The highest BCUT2D eigenvalue weighted by atomic mass is 32.1. The number of rotatable bonds is 2. The highest BCUT2D eigenvalue weighted by Gasteiger charge is 2.21. The second-order valence-electron chi connectivity index (χ2n) is 4.39. The maximum absolute atomic E-state index is 5.77. The van der Waals surface area contributed by atoms with E-state index in [1.807, 2.05) is 22.8 Å². The minimum atomic E-state index is 0.653. The Morgan fingerprint density at radius 1 is 1.42 bits per heavy atom. The molecule has 0 bridgehead atoms. The van der Waals surface area contributed by atoms with E-state index in [2.05, 4.69) is 28.1 Å². The zero-order valence-corrected chi connectivity index (χ0v) is 11.6. The van der Waals surface area contributed by atoms with Crippen molar-refractivity contribution in [1.29, 1.82) is 0 Å². The molecule has 5 nitrogen and oxygen atoms in total. The van der Waals surface area contributed by atoms with E-state index < -0.39 is 0 Å². The van der Waals surface area contributed by atoms with Gasteiger partial charge in [0.05, 0.1) is 12.3 Å². The number of aromatic nitrogens is 3. The smallest absolute Gasteiger partial charge is 0.230 e. The summed E-state index contributed by atoms with van der Waals surface area (Å²) in [5, 5.41) is 7.24. The number of fused-ring (bicyclic) bond motifs is 1. The van der Waals surface area contributed by atoms with Crippen molar-refractivity contribution in [3.8, 4) is 5.75 Å². The SMILES string of the molecule is CCn1c(N2CCCOc3ccccc32)n[nH]c1=S. The van der Waals surface area contributed by atoms with Crippen LogP contribution in [0.25, 0.3) is 0 Å². The molecule has 0 aliphatic carbocycles. The first kappa shape index (κ1) is 12.2. The number of benzene rings is 1. The zero-order valence-electron chi connectivity index (χ0n) is 10.8. The summed E-state index contributed by atoms with van der Waals surface area (Å²) in [6, 6.07) is 8.04. The number of aromatic amines is 1. The third-order valence-electron chi connectivity index (χ3n) is 3.24. The minimum Gasteiger partial charge on any atom is -0.491 e. The summed E-state index contributed by atoms with van der Waals surface area (Å²) in [5.41, 5.74) is 1.05. The molecule has 0 atom stereocenters. The Morgan fingerprint density at radius 2 is 2.26 bits per heavy atom. The van der Waals surface area contributed by atoms with Gasteiger partial charge in [-0.25, -0.2) is 5.10 Å². The van der Waals surface area contributed by atoms with E-state index in [1.54, 1.807) is 0 Å². The van der Waals surface area contributed by atoms with E-state index in [-0.39, 0.29) is 0 Å². The van der Waals surface area contributed by atoms with Crippen molar-refractivity contribution in [3.05, 3.63) is 29.0 Å². The number of hydrogen-bond acceptors (Lipinski definition) is 4. The molecule has 0 saturated heterocycles. The molecule has 1 aromatic carbocycles. The number of ether oxygens (including phenoxy) is 1. The lowest BCUT2D eigenvalue weighted by atomic mass is 10.2. The number of para-hydroxylation sites is 2. The maximum atomic E-state index is 5.77. The molecule has 1 aliphatic heterocycles. The Hall–Kier alpha value is -1.82.